The zero-order chi connectivity index (χ0) is 25.6. The SMILES string of the molecule is CC(=NOCC(=O)NNC(=O)c1cn(-c2ccccc2)nc1-c1ccccc1)c1ccc2c(c1)OCO2. The van der Waals surface area contributed by atoms with Crippen molar-refractivity contribution in [2.45, 2.75) is 6.92 Å². The average Bonchev–Trinajstić information content (AvgIpc) is 3.60. The number of benzene rings is 3. The summed E-state index contributed by atoms with van der Waals surface area (Å²) < 4.78 is 12.3. The monoisotopic (exact) mass is 497 g/mol. The smallest absolute Gasteiger partial charge is 0.279 e. The predicted octanol–water partition coefficient (Wildman–Crippen LogP) is 3.47. The molecule has 186 valence electrons. The highest BCUT2D eigenvalue weighted by atomic mass is 16.7. The Balaban J connectivity index is 1.22. The molecule has 0 spiro atoms. The summed E-state index contributed by atoms with van der Waals surface area (Å²) in [7, 11) is 0. The molecule has 10 heteroatoms. The second-order valence-corrected chi connectivity index (χ2v) is 8.06. The molecule has 0 radical (unpaired) electrons. The lowest BCUT2D eigenvalue weighted by Crippen LogP contribution is -2.43. The molecular weight excluding hydrogens is 474 g/mol. The number of carbonyl (C=O) groups excluding carboxylic acids is 2. The van der Waals surface area contributed by atoms with Crippen LogP contribution in [0.2, 0.25) is 0 Å². The van der Waals surface area contributed by atoms with E-state index in [2.05, 4.69) is 21.1 Å². The Morgan fingerprint density at radius 3 is 2.49 bits per heavy atom. The number of fused-ring (bicyclic) bond motifs is 1. The summed E-state index contributed by atoms with van der Waals surface area (Å²) in [5.74, 6) is 0.192. The molecule has 0 atom stereocenters. The molecule has 1 aromatic heterocycles. The quantitative estimate of drug-likeness (QED) is 0.298. The van der Waals surface area contributed by atoms with Crippen molar-refractivity contribution >= 4 is 17.5 Å². The first-order valence-electron chi connectivity index (χ1n) is 11.4. The summed E-state index contributed by atoms with van der Waals surface area (Å²) >= 11 is 0. The lowest BCUT2D eigenvalue weighted by Gasteiger charge is -2.07. The van der Waals surface area contributed by atoms with Gasteiger partial charge in [-0.3, -0.25) is 20.4 Å². The van der Waals surface area contributed by atoms with Gasteiger partial charge in [0.1, 0.15) is 5.69 Å². The Bertz CT molecular complexity index is 1450. The molecule has 0 unspecified atom stereocenters. The summed E-state index contributed by atoms with van der Waals surface area (Å²) in [6, 6.07) is 24.2. The molecule has 2 amide bonds. The number of carbonyl (C=O) groups is 2. The summed E-state index contributed by atoms with van der Waals surface area (Å²) in [5, 5.41) is 8.57. The highest BCUT2D eigenvalue weighted by Gasteiger charge is 2.19. The van der Waals surface area contributed by atoms with Crippen molar-refractivity contribution in [3.8, 4) is 28.4 Å². The lowest BCUT2D eigenvalue weighted by atomic mass is 10.1. The maximum atomic E-state index is 13.0. The van der Waals surface area contributed by atoms with Crippen LogP contribution < -0.4 is 20.3 Å². The van der Waals surface area contributed by atoms with Crippen LogP contribution in [0.25, 0.3) is 16.9 Å². The van der Waals surface area contributed by atoms with Gasteiger partial charge in [-0.2, -0.15) is 5.10 Å². The Kier molecular flexibility index (Phi) is 6.80. The van der Waals surface area contributed by atoms with E-state index in [9.17, 15) is 9.59 Å². The van der Waals surface area contributed by atoms with Crippen molar-refractivity contribution in [1.82, 2.24) is 20.6 Å². The van der Waals surface area contributed by atoms with Gasteiger partial charge in [0.15, 0.2) is 18.1 Å². The molecule has 4 aromatic rings. The second kappa shape index (κ2) is 10.6. The van der Waals surface area contributed by atoms with Crippen LogP contribution in [-0.4, -0.2) is 40.7 Å². The van der Waals surface area contributed by atoms with Gasteiger partial charge in [-0.1, -0.05) is 53.7 Å². The van der Waals surface area contributed by atoms with Gasteiger partial charge in [-0.15, -0.1) is 0 Å². The molecule has 3 aromatic carbocycles. The largest absolute Gasteiger partial charge is 0.454 e. The first-order valence-corrected chi connectivity index (χ1v) is 11.4. The molecule has 5 rings (SSSR count). The first kappa shape index (κ1) is 23.6. The van der Waals surface area contributed by atoms with Gasteiger partial charge in [-0.05, 0) is 37.3 Å². The molecule has 0 saturated carbocycles. The van der Waals surface area contributed by atoms with Crippen LogP contribution >= 0.6 is 0 Å². The fourth-order valence-electron chi connectivity index (χ4n) is 3.65. The summed E-state index contributed by atoms with van der Waals surface area (Å²) in [6.45, 7) is 1.53. The maximum absolute atomic E-state index is 13.0. The zero-order valence-electron chi connectivity index (χ0n) is 19.9. The van der Waals surface area contributed by atoms with E-state index in [1.807, 2.05) is 66.7 Å². The van der Waals surface area contributed by atoms with Crippen molar-refractivity contribution in [3.63, 3.8) is 0 Å². The molecular formula is C27H23N5O5. The van der Waals surface area contributed by atoms with Crippen molar-refractivity contribution in [2.24, 2.45) is 5.16 Å². The molecule has 2 heterocycles. The number of hydrogen-bond donors (Lipinski definition) is 2. The molecule has 1 aliphatic rings. The van der Waals surface area contributed by atoms with E-state index in [-0.39, 0.29) is 6.79 Å². The third kappa shape index (κ3) is 5.43. The topological polar surface area (TPSA) is 116 Å². The third-order valence-electron chi connectivity index (χ3n) is 5.53. The lowest BCUT2D eigenvalue weighted by molar-refractivity contribution is -0.126. The number of aromatic nitrogens is 2. The van der Waals surface area contributed by atoms with Crippen LogP contribution in [0, 0.1) is 0 Å². The first-order chi connectivity index (χ1) is 18.1. The van der Waals surface area contributed by atoms with Gasteiger partial charge in [-0.25, -0.2) is 4.68 Å². The minimum atomic E-state index is -0.577. The minimum absolute atomic E-state index is 0.178. The van der Waals surface area contributed by atoms with Gasteiger partial charge in [0, 0.05) is 17.3 Å². The molecule has 1 aliphatic heterocycles. The average molecular weight is 498 g/mol. The van der Waals surface area contributed by atoms with Gasteiger partial charge in [0.05, 0.1) is 17.0 Å². The van der Waals surface area contributed by atoms with Crippen LogP contribution in [0.3, 0.4) is 0 Å². The molecule has 10 nitrogen and oxygen atoms in total. The number of nitrogens with zero attached hydrogens (tertiary/aromatic N) is 3. The van der Waals surface area contributed by atoms with Gasteiger partial charge < -0.3 is 14.3 Å². The van der Waals surface area contributed by atoms with E-state index >= 15 is 0 Å². The Morgan fingerprint density at radius 1 is 0.973 bits per heavy atom. The van der Waals surface area contributed by atoms with Gasteiger partial charge >= 0.3 is 0 Å². The second-order valence-electron chi connectivity index (χ2n) is 8.06. The van der Waals surface area contributed by atoms with Crippen molar-refractivity contribution in [1.29, 1.82) is 0 Å². The number of amides is 2. The highest BCUT2D eigenvalue weighted by molar-refractivity contribution is 6.01. The highest BCUT2D eigenvalue weighted by Crippen LogP contribution is 2.32. The van der Waals surface area contributed by atoms with Crippen molar-refractivity contribution < 1.29 is 23.9 Å². The maximum Gasteiger partial charge on any atom is 0.279 e. The number of hydrogen-bond acceptors (Lipinski definition) is 7. The molecule has 0 aliphatic carbocycles. The molecule has 0 fully saturated rings. The van der Waals surface area contributed by atoms with Crippen molar-refractivity contribution in [3.05, 3.63) is 96.2 Å². The van der Waals surface area contributed by atoms with Crippen LogP contribution in [0.1, 0.15) is 22.8 Å². The van der Waals surface area contributed by atoms with E-state index in [0.717, 1.165) is 16.8 Å². The predicted molar refractivity (Wildman–Crippen MR) is 135 cm³/mol. The molecule has 0 bridgehead atoms. The summed E-state index contributed by atoms with van der Waals surface area (Å²) in [4.78, 5) is 30.4. The van der Waals surface area contributed by atoms with E-state index in [4.69, 9.17) is 14.3 Å². The van der Waals surface area contributed by atoms with Gasteiger partial charge in [0.2, 0.25) is 6.79 Å². The van der Waals surface area contributed by atoms with E-state index < -0.39 is 18.4 Å². The molecule has 2 N–H and O–H groups in total. The molecule has 37 heavy (non-hydrogen) atoms. The normalized spacial score (nSPS) is 12.2. The zero-order valence-corrected chi connectivity index (χ0v) is 19.9. The Labute approximate surface area is 212 Å². The van der Waals surface area contributed by atoms with Gasteiger partial charge in [0.25, 0.3) is 11.8 Å². The van der Waals surface area contributed by atoms with E-state index in [1.165, 1.54) is 0 Å². The van der Waals surface area contributed by atoms with Crippen LogP contribution in [-0.2, 0) is 9.63 Å². The standard InChI is InChI=1S/C27H23N5O5/c1-18(20-12-13-23-24(14-20)36-17-35-23)31-37-16-25(33)28-29-27(34)22-15-32(21-10-6-3-7-11-21)30-26(22)19-8-4-2-5-9-19/h2-15H,16-17H2,1H3,(H,28,33)(H,29,34). The van der Waals surface area contributed by atoms with Crippen LogP contribution in [0.5, 0.6) is 11.5 Å². The van der Waals surface area contributed by atoms with E-state index in [1.54, 1.807) is 29.9 Å². The fraction of sp³-hybridized carbons (Fsp3) is 0.111. The van der Waals surface area contributed by atoms with E-state index in [0.29, 0.717) is 28.5 Å². The number of para-hydroxylation sites is 1. The number of ether oxygens (including phenoxy) is 2. The fourth-order valence-corrected chi connectivity index (χ4v) is 3.65. The number of rotatable bonds is 7. The van der Waals surface area contributed by atoms with Crippen LogP contribution in [0.15, 0.2) is 90.2 Å². The number of nitrogens with one attached hydrogen (secondary N) is 2. The Morgan fingerprint density at radius 2 is 1.70 bits per heavy atom. The van der Waals surface area contributed by atoms with Crippen LogP contribution in [0.4, 0.5) is 0 Å². The number of oxime groups is 1. The molecule has 0 saturated heterocycles. The Hall–Kier alpha value is -5.12. The third-order valence-corrected chi connectivity index (χ3v) is 5.53. The minimum Gasteiger partial charge on any atom is -0.454 e. The van der Waals surface area contributed by atoms with Crippen molar-refractivity contribution in [2.75, 3.05) is 13.4 Å². The summed E-state index contributed by atoms with van der Waals surface area (Å²) in [5.41, 5.74) is 8.44. The number of hydrazine groups is 1. The summed E-state index contributed by atoms with van der Waals surface area (Å²) in [6.07, 6.45) is 1.62.